The Morgan fingerprint density at radius 3 is 2.85 bits per heavy atom. The highest BCUT2D eigenvalue weighted by molar-refractivity contribution is 6.33. The Morgan fingerprint density at radius 2 is 2.04 bits per heavy atom. The zero-order valence-corrected chi connectivity index (χ0v) is 15.6. The lowest BCUT2D eigenvalue weighted by Gasteiger charge is -2.44. The number of carbonyl (C=O) groups is 1. The van der Waals surface area contributed by atoms with Crippen LogP contribution < -0.4 is 0 Å². The van der Waals surface area contributed by atoms with E-state index in [0.717, 1.165) is 25.8 Å². The lowest BCUT2D eigenvalue weighted by Crippen LogP contribution is -2.49. The number of hydrogen-bond acceptors (Lipinski definition) is 3. The van der Waals surface area contributed by atoms with Crippen LogP contribution in [-0.2, 0) is 0 Å². The zero-order valence-electron chi connectivity index (χ0n) is 14.8. The largest absolute Gasteiger partial charge is 0.360 e. The van der Waals surface area contributed by atoms with E-state index in [-0.39, 0.29) is 28.2 Å². The molecule has 1 aromatic heterocycles. The van der Waals surface area contributed by atoms with Gasteiger partial charge in [-0.15, -0.1) is 0 Å². The molecule has 2 aromatic rings. The number of fused-ring (bicyclic) bond motifs is 1. The standard InChI is InChI=1S/C20H22ClFN2O2/c1-12-17(19(23-26-12)18-14(21)8-4-9-15(18)22)20(25)24-11-5-7-13-6-2-3-10-16(13)24/h4,8-9,13,16H,2-3,5-7,10-11H2,1H3. The van der Waals surface area contributed by atoms with Gasteiger partial charge in [-0.1, -0.05) is 35.7 Å². The smallest absolute Gasteiger partial charge is 0.260 e. The van der Waals surface area contributed by atoms with Crippen molar-refractivity contribution in [3.63, 3.8) is 0 Å². The monoisotopic (exact) mass is 376 g/mol. The molecule has 2 fully saturated rings. The number of aryl methyl sites for hydroxylation is 1. The van der Waals surface area contributed by atoms with Gasteiger partial charge in [-0.3, -0.25) is 4.79 Å². The van der Waals surface area contributed by atoms with Crippen LogP contribution in [0.15, 0.2) is 22.7 Å². The molecule has 0 spiro atoms. The van der Waals surface area contributed by atoms with E-state index in [9.17, 15) is 9.18 Å². The summed E-state index contributed by atoms with van der Waals surface area (Å²) in [5.74, 6) is 0.355. The van der Waals surface area contributed by atoms with Gasteiger partial charge in [0.15, 0.2) is 0 Å². The molecular weight excluding hydrogens is 355 g/mol. The average Bonchev–Trinajstić information content (AvgIpc) is 3.02. The van der Waals surface area contributed by atoms with Crippen LogP contribution in [-0.4, -0.2) is 28.6 Å². The Bertz CT molecular complexity index is 813. The van der Waals surface area contributed by atoms with E-state index in [1.54, 1.807) is 13.0 Å². The molecule has 4 nitrogen and oxygen atoms in total. The fourth-order valence-corrected chi connectivity index (χ4v) is 4.79. The molecule has 2 aliphatic rings. The van der Waals surface area contributed by atoms with Crippen molar-refractivity contribution in [2.45, 2.75) is 51.5 Å². The highest BCUT2D eigenvalue weighted by Gasteiger charge is 2.38. The number of piperidine rings is 1. The van der Waals surface area contributed by atoms with Crippen LogP contribution in [0.3, 0.4) is 0 Å². The third kappa shape index (κ3) is 2.92. The maximum atomic E-state index is 14.4. The van der Waals surface area contributed by atoms with Gasteiger partial charge in [0.05, 0.1) is 10.6 Å². The molecule has 1 saturated heterocycles. The van der Waals surface area contributed by atoms with E-state index >= 15 is 0 Å². The Kier molecular flexibility index (Phi) is 4.74. The second-order valence-corrected chi connectivity index (χ2v) is 7.72. The van der Waals surface area contributed by atoms with Crippen molar-refractivity contribution in [3.8, 4) is 11.3 Å². The second kappa shape index (κ2) is 7.03. The molecule has 0 N–H and O–H groups in total. The molecule has 2 atom stereocenters. The van der Waals surface area contributed by atoms with Crippen LogP contribution in [0.2, 0.25) is 5.02 Å². The fourth-order valence-electron chi connectivity index (χ4n) is 4.54. The minimum Gasteiger partial charge on any atom is -0.360 e. The number of nitrogens with zero attached hydrogens (tertiary/aromatic N) is 2. The van der Waals surface area contributed by atoms with Crippen molar-refractivity contribution in [1.82, 2.24) is 10.1 Å². The first-order chi connectivity index (χ1) is 12.6. The molecule has 1 saturated carbocycles. The fraction of sp³-hybridized carbons (Fsp3) is 0.500. The van der Waals surface area contributed by atoms with E-state index in [1.807, 2.05) is 4.90 Å². The topological polar surface area (TPSA) is 46.3 Å². The van der Waals surface area contributed by atoms with Gasteiger partial charge in [0, 0.05) is 12.6 Å². The highest BCUT2D eigenvalue weighted by Crippen LogP contribution is 2.38. The summed E-state index contributed by atoms with van der Waals surface area (Å²) in [4.78, 5) is 15.4. The van der Waals surface area contributed by atoms with Gasteiger partial charge in [-0.05, 0) is 50.7 Å². The molecule has 1 amide bonds. The Balaban J connectivity index is 1.74. The molecule has 1 aromatic carbocycles. The van der Waals surface area contributed by atoms with Crippen molar-refractivity contribution in [2.75, 3.05) is 6.54 Å². The Morgan fingerprint density at radius 1 is 1.27 bits per heavy atom. The summed E-state index contributed by atoms with van der Waals surface area (Å²) in [6.07, 6.45) is 6.81. The van der Waals surface area contributed by atoms with Gasteiger partial charge < -0.3 is 9.42 Å². The molecule has 6 heteroatoms. The van der Waals surface area contributed by atoms with Crippen molar-refractivity contribution >= 4 is 17.5 Å². The van der Waals surface area contributed by atoms with E-state index in [4.69, 9.17) is 16.1 Å². The molecule has 0 radical (unpaired) electrons. The van der Waals surface area contributed by atoms with Crippen molar-refractivity contribution in [2.24, 2.45) is 5.92 Å². The van der Waals surface area contributed by atoms with Crippen LogP contribution in [0.25, 0.3) is 11.3 Å². The van der Waals surface area contributed by atoms with Crippen LogP contribution in [0.4, 0.5) is 4.39 Å². The van der Waals surface area contributed by atoms with Gasteiger partial charge >= 0.3 is 0 Å². The molecule has 2 unspecified atom stereocenters. The minimum absolute atomic E-state index is 0.116. The summed E-state index contributed by atoms with van der Waals surface area (Å²) in [5.41, 5.74) is 0.670. The first-order valence-electron chi connectivity index (χ1n) is 9.29. The molecule has 26 heavy (non-hydrogen) atoms. The predicted octanol–water partition coefficient (Wildman–Crippen LogP) is 5.24. The molecule has 2 heterocycles. The number of likely N-dealkylation sites (tertiary alicyclic amines) is 1. The van der Waals surface area contributed by atoms with E-state index in [0.29, 0.717) is 17.2 Å². The molecule has 0 bridgehead atoms. The van der Waals surface area contributed by atoms with Crippen LogP contribution in [0, 0.1) is 18.7 Å². The maximum absolute atomic E-state index is 14.4. The summed E-state index contributed by atoms with van der Waals surface area (Å²) in [6, 6.07) is 4.71. The number of benzene rings is 1. The predicted molar refractivity (Wildman–Crippen MR) is 97.7 cm³/mol. The average molecular weight is 377 g/mol. The van der Waals surface area contributed by atoms with E-state index in [2.05, 4.69) is 5.16 Å². The van der Waals surface area contributed by atoms with Crippen LogP contribution in [0.1, 0.15) is 54.6 Å². The minimum atomic E-state index is -0.506. The summed E-state index contributed by atoms with van der Waals surface area (Å²) in [5, 5.41) is 4.20. The Hall–Kier alpha value is -1.88. The van der Waals surface area contributed by atoms with E-state index < -0.39 is 5.82 Å². The number of amides is 1. The number of rotatable bonds is 2. The molecule has 1 aliphatic heterocycles. The molecular formula is C20H22ClFN2O2. The lowest BCUT2D eigenvalue weighted by molar-refractivity contribution is 0.0390. The number of hydrogen-bond donors (Lipinski definition) is 0. The van der Waals surface area contributed by atoms with Gasteiger partial charge in [-0.2, -0.15) is 0 Å². The van der Waals surface area contributed by atoms with Gasteiger partial charge in [-0.25, -0.2) is 4.39 Å². The highest BCUT2D eigenvalue weighted by atomic mass is 35.5. The normalized spacial score (nSPS) is 23.0. The third-order valence-corrected chi connectivity index (χ3v) is 6.10. The van der Waals surface area contributed by atoms with Crippen LogP contribution >= 0.6 is 11.6 Å². The summed E-state index contributed by atoms with van der Waals surface area (Å²) < 4.78 is 19.7. The van der Waals surface area contributed by atoms with Crippen LogP contribution in [0.5, 0.6) is 0 Å². The first-order valence-corrected chi connectivity index (χ1v) is 9.67. The van der Waals surface area contributed by atoms with Gasteiger partial charge in [0.2, 0.25) is 0 Å². The summed E-state index contributed by atoms with van der Waals surface area (Å²) >= 11 is 6.20. The van der Waals surface area contributed by atoms with Crippen molar-refractivity contribution in [3.05, 3.63) is 40.4 Å². The number of carbonyl (C=O) groups excluding carboxylic acids is 1. The SMILES string of the molecule is Cc1onc(-c2c(F)cccc2Cl)c1C(=O)N1CCCC2CCCCC21. The van der Waals surface area contributed by atoms with Gasteiger partial charge in [0.25, 0.3) is 5.91 Å². The lowest BCUT2D eigenvalue weighted by atomic mass is 9.78. The zero-order chi connectivity index (χ0) is 18.3. The molecule has 4 rings (SSSR count). The van der Waals surface area contributed by atoms with E-state index in [1.165, 1.54) is 31.4 Å². The molecule has 138 valence electrons. The van der Waals surface area contributed by atoms with Crippen molar-refractivity contribution in [1.29, 1.82) is 0 Å². The third-order valence-electron chi connectivity index (χ3n) is 5.78. The second-order valence-electron chi connectivity index (χ2n) is 7.31. The molecule has 1 aliphatic carbocycles. The van der Waals surface area contributed by atoms with Crippen molar-refractivity contribution < 1.29 is 13.7 Å². The number of aromatic nitrogens is 1. The summed E-state index contributed by atoms with van der Waals surface area (Å²) in [6.45, 7) is 2.43. The maximum Gasteiger partial charge on any atom is 0.260 e. The number of halogens is 2. The first kappa shape index (κ1) is 17.5. The Labute approximate surface area is 157 Å². The quantitative estimate of drug-likeness (QED) is 0.720. The van der Waals surface area contributed by atoms with Gasteiger partial charge in [0.1, 0.15) is 22.8 Å². The summed E-state index contributed by atoms with van der Waals surface area (Å²) in [7, 11) is 0.